The van der Waals surface area contributed by atoms with Crippen molar-refractivity contribution in [3.05, 3.63) is 0 Å². The molecule has 0 aromatic carbocycles. The number of rotatable bonds is 3. The summed E-state index contributed by atoms with van der Waals surface area (Å²) in [5, 5.41) is 0. The summed E-state index contributed by atoms with van der Waals surface area (Å²) in [4.78, 5) is 2.47. The van der Waals surface area contributed by atoms with E-state index in [2.05, 4.69) is 32.6 Å². The first kappa shape index (κ1) is 12.0. The third-order valence-electron chi connectivity index (χ3n) is 2.78. The van der Waals surface area contributed by atoms with Gasteiger partial charge >= 0.3 is 0 Å². The molecule has 1 aliphatic heterocycles. The van der Waals surface area contributed by atoms with E-state index in [1.54, 1.807) is 0 Å². The van der Waals surface area contributed by atoms with Crippen molar-refractivity contribution in [3.63, 3.8) is 0 Å². The SMILES string of the molecule is CC1CN(CCC(C)(C)N)C(C)CO1. The van der Waals surface area contributed by atoms with Crippen LogP contribution in [0, 0.1) is 0 Å². The maximum atomic E-state index is 5.97. The van der Waals surface area contributed by atoms with Gasteiger partial charge in [-0.3, -0.25) is 4.90 Å². The van der Waals surface area contributed by atoms with Crippen LogP contribution in [0.1, 0.15) is 34.1 Å². The number of morpholine rings is 1. The minimum Gasteiger partial charge on any atom is -0.376 e. The summed E-state index contributed by atoms with van der Waals surface area (Å²) < 4.78 is 5.58. The molecule has 0 spiro atoms. The second-order valence-corrected chi connectivity index (χ2v) is 5.23. The Morgan fingerprint density at radius 3 is 2.64 bits per heavy atom. The molecule has 3 heteroatoms. The maximum absolute atomic E-state index is 5.97. The minimum atomic E-state index is -0.0543. The highest BCUT2D eigenvalue weighted by Gasteiger charge is 2.24. The molecule has 0 aromatic heterocycles. The second kappa shape index (κ2) is 4.60. The van der Waals surface area contributed by atoms with E-state index >= 15 is 0 Å². The Balaban J connectivity index is 2.35. The van der Waals surface area contributed by atoms with Gasteiger partial charge in [0.25, 0.3) is 0 Å². The molecule has 0 aromatic rings. The maximum Gasteiger partial charge on any atom is 0.0674 e. The van der Waals surface area contributed by atoms with Crippen molar-refractivity contribution in [2.75, 3.05) is 19.7 Å². The summed E-state index contributed by atoms with van der Waals surface area (Å²) in [7, 11) is 0. The summed E-state index contributed by atoms with van der Waals surface area (Å²) in [5.74, 6) is 0. The molecule has 2 N–H and O–H groups in total. The van der Waals surface area contributed by atoms with Crippen molar-refractivity contribution in [2.24, 2.45) is 5.73 Å². The van der Waals surface area contributed by atoms with Gasteiger partial charge in [-0.15, -0.1) is 0 Å². The molecule has 2 unspecified atom stereocenters. The van der Waals surface area contributed by atoms with Crippen LogP contribution in [-0.2, 0) is 4.74 Å². The average Bonchev–Trinajstić information content (AvgIpc) is 2.05. The lowest BCUT2D eigenvalue weighted by molar-refractivity contribution is -0.0507. The predicted octanol–water partition coefficient (Wildman–Crippen LogP) is 1.22. The van der Waals surface area contributed by atoms with E-state index in [0.717, 1.165) is 26.1 Å². The zero-order valence-electron chi connectivity index (χ0n) is 9.92. The van der Waals surface area contributed by atoms with E-state index in [0.29, 0.717) is 12.1 Å². The van der Waals surface area contributed by atoms with Crippen LogP contribution in [0.2, 0.25) is 0 Å². The quantitative estimate of drug-likeness (QED) is 0.744. The van der Waals surface area contributed by atoms with E-state index in [4.69, 9.17) is 10.5 Å². The van der Waals surface area contributed by atoms with Crippen molar-refractivity contribution in [1.82, 2.24) is 4.90 Å². The zero-order chi connectivity index (χ0) is 10.8. The third-order valence-corrected chi connectivity index (χ3v) is 2.78. The number of nitrogens with two attached hydrogens (primary N) is 1. The molecule has 2 atom stereocenters. The fourth-order valence-corrected chi connectivity index (χ4v) is 1.72. The van der Waals surface area contributed by atoms with Crippen LogP contribution in [-0.4, -0.2) is 42.3 Å². The van der Waals surface area contributed by atoms with Crippen LogP contribution in [0.5, 0.6) is 0 Å². The van der Waals surface area contributed by atoms with Gasteiger partial charge in [-0.25, -0.2) is 0 Å². The molecule has 0 bridgehead atoms. The van der Waals surface area contributed by atoms with Crippen LogP contribution in [0.25, 0.3) is 0 Å². The minimum absolute atomic E-state index is 0.0543. The molecule has 0 amide bonds. The molecule has 3 nitrogen and oxygen atoms in total. The summed E-state index contributed by atoms with van der Waals surface area (Å²) >= 11 is 0. The predicted molar refractivity (Wildman–Crippen MR) is 59.3 cm³/mol. The Kier molecular flexibility index (Phi) is 3.93. The first-order valence-corrected chi connectivity index (χ1v) is 5.53. The van der Waals surface area contributed by atoms with Crippen LogP contribution < -0.4 is 5.73 Å². The first-order valence-electron chi connectivity index (χ1n) is 5.53. The molecular weight excluding hydrogens is 176 g/mol. The molecule has 1 rings (SSSR count). The number of ether oxygens (including phenoxy) is 1. The summed E-state index contributed by atoms with van der Waals surface area (Å²) in [5.41, 5.74) is 5.92. The van der Waals surface area contributed by atoms with Gasteiger partial charge in [-0.05, 0) is 34.1 Å². The van der Waals surface area contributed by atoms with Crippen molar-refractivity contribution in [1.29, 1.82) is 0 Å². The summed E-state index contributed by atoms with van der Waals surface area (Å²) in [6, 6.07) is 0.536. The molecule has 1 heterocycles. The highest BCUT2D eigenvalue weighted by Crippen LogP contribution is 2.14. The van der Waals surface area contributed by atoms with Gasteiger partial charge in [0, 0.05) is 24.7 Å². The topological polar surface area (TPSA) is 38.5 Å². The molecule has 1 aliphatic rings. The highest BCUT2D eigenvalue weighted by atomic mass is 16.5. The fourth-order valence-electron chi connectivity index (χ4n) is 1.72. The third kappa shape index (κ3) is 3.95. The van der Waals surface area contributed by atoms with Crippen molar-refractivity contribution >= 4 is 0 Å². The Labute approximate surface area is 87.6 Å². The molecule has 1 saturated heterocycles. The largest absolute Gasteiger partial charge is 0.376 e. The van der Waals surface area contributed by atoms with Gasteiger partial charge in [-0.1, -0.05) is 0 Å². The van der Waals surface area contributed by atoms with Gasteiger partial charge in [-0.2, -0.15) is 0 Å². The highest BCUT2D eigenvalue weighted by molar-refractivity contribution is 4.79. The lowest BCUT2D eigenvalue weighted by atomic mass is 10.0. The molecule has 0 saturated carbocycles. The Morgan fingerprint density at radius 1 is 1.43 bits per heavy atom. The van der Waals surface area contributed by atoms with Gasteiger partial charge < -0.3 is 10.5 Å². The van der Waals surface area contributed by atoms with E-state index in [1.165, 1.54) is 0 Å². The number of hydrogen-bond acceptors (Lipinski definition) is 3. The van der Waals surface area contributed by atoms with Crippen LogP contribution >= 0.6 is 0 Å². The van der Waals surface area contributed by atoms with Crippen molar-refractivity contribution < 1.29 is 4.74 Å². The Hall–Kier alpha value is -0.120. The summed E-state index contributed by atoms with van der Waals surface area (Å²) in [6.45, 7) is 11.5. The lowest BCUT2D eigenvalue weighted by Gasteiger charge is -2.38. The van der Waals surface area contributed by atoms with E-state index in [9.17, 15) is 0 Å². The standard InChI is InChI=1S/C11H24N2O/c1-9-8-14-10(2)7-13(9)6-5-11(3,4)12/h9-10H,5-8,12H2,1-4H3. The molecule has 1 fully saturated rings. The second-order valence-electron chi connectivity index (χ2n) is 5.23. The molecule has 0 radical (unpaired) electrons. The zero-order valence-corrected chi connectivity index (χ0v) is 9.92. The van der Waals surface area contributed by atoms with Crippen LogP contribution in [0.4, 0.5) is 0 Å². The molecular formula is C11H24N2O. The van der Waals surface area contributed by atoms with Crippen molar-refractivity contribution in [2.45, 2.75) is 51.8 Å². The Morgan fingerprint density at radius 2 is 2.07 bits per heavy atom. The van der Waals surface area contributed by atoms with Gasteiger partial charge in [0.05, 0.1) is 12.7 Å². The monoisotopic (exact) mass is 200 g/mol. The van der Waals surface area contributed by atoms with E-state index in [1.807, 2.05) is 0 Å². The number of nitrogens with zero attached hydrogens (tertiary/aromatic N) is 1. The van der Waals surface area contributed by atoms with Gasteiger partial charge in [0.15, 0.2) is 0 Å². The molecule has 14 heavy (non-hydrogen) atoms. The van der Waals surface area contributed by atoms with E-state index < -0.39 is 0 Å². The van der Waals surface area contributed by atoms with Crippen molar-refractivity contribution in [3.8, 4) is 0 Å². The average molecular weight is 200 g/mol. The van der Waals surface area contributed by atoms with Gasteiger partial charge in [0.1, 0.15) is 0 Å². The van der Waals surface area contributed by atoms with Crippen LogP contribution in [0.3, 0.4) is 0 Å². The first-order chi connectivity index (χ1) is 6.38. The van der Waals surface area contributed by atoms with Crippen LogP contribution in [0.15, 0.2) is 0 Å². The number of hydrogen-bond donors (Lipinski definition) is 1. The smallest absolute Gasteiger partial charge is 0.0674 e. The van der Waals surface area contributed by atoms with Gasteiger partial charge in [0.2, 0.25) is 0 Å². The Bertz CT molecular complexity index is 177. The lowest BCUT2D eigenvalue weighted by Crippen LogP contribution is -2.49. The molecule has 0 aliphatic carbocycles. The fraction of sp³-hybridized carbons (Fsp3) is 1.00. The summed E-state index contributed by atoms with van der Waals surface area (Å²) in [6.07, 6.45) is 1.41. The molecule has 84 valence electrons. The normalized spacial score (nSPS) is 30.6. The van der Waals surface area contributed by atoms with E-state index in [-0.39, 0.29) is 5.54 Å².